The lowest BCUT2D eigenvalue weighted by Gasteiger charge is -2.27. The molecule has 0 aromatic heterocycles. The van der Waals surface area contributed by atoms with Crippen molar-refractivity contribution in [1.29, 1.82) is 0 Å². The molecule has 1 unspecified atom stereocenters. The summed E-state index contributed by atoms with van der Waals surface area (Å²) in [4.78, 5) is 14.8. The first-order chi connectivity index (χ1) is 11.9. The molecule has 0 bridgehead atoms. The second kappa shape index (κ2) is 7.95. The van der Waals surface area contributed by atoms with E-state index in [-0.39, 0.29) is 0 Å². The molecule has 130 valence electrons. The summed E-state index contributed by atoms with van der Waals surface area (Å²) in [6.07, 6.45) is 1.44. The Hall–Kier alpha value is -2.65. The van der Waals surface area contributed by atoms with Crippen molar-refractivity contribution in [2.75, 3.05) is 0 Å². The third-order valence-electron chi connectivity index (χ3n) is 4.14. The van der Waals surface area contributed by atoms with E-state index in [1.165, 1.54) is 12.1 Å². The Balaban J connectivity index is 2.38. The number of hydrogen-bond donors (Lipinski definition) is 0. The minimum atomic E-state index is -4.44. The maximum Gasteiger partial charge on any atom is 0.416 e. The van der Waals surface area contributed by atoms with Crippen LogP contribution in [0.1, 0.15) is 36.5 Å². The number of halogens is 3. The van der Waals surface area contributed by atoms with Crippen molar-refractivity contribution in [1.82, 2.24) is 0 Å². The molecular formula is C20H18F3NO. The van der Waals surface area contributed by atoms with Crippen molar-refractivity contribution in [3.8, 4) is 0 Å². The van der Waals surface area contributed by atoms with Crippen LogP contribution in [0.4, 0.5) is 13.2 Å². The zero-order chi connectivity index (χ0) is 18.3. The summed E-state index contributed by atoms with van der Waals surface area (Å²) < 4.78 is 39.0. The van der Waals surface area contributed by atoms with Crippen LogP contribution >= 0.6 is 0 Å². The summed E-state index contributed by atoms with van der Waals surface area (Å²) in [6.45, 7) is 1.79. The Morgan fingerprint density at radius 1 is 1.04 bits per heavy atom. The molecule has 5 heteroatoms. The quantitative estimate of drug-likeness (QED) is 0.484. The molecule has 25 heavy (non-hydrogen) atoms. The molecule has 2 aromatic rings. The topological polar surface area (TPSA) is 29.4 Å². The van der Waals surface area contributed by atoms with Crippen LogP contribution in [-0.2, 0) is 16.5 Å². The molecule has 0 spiro atoms. The van der Waals surface area contributed by atoms with E-state index >= 15 is 0 Å². The fraction of sp³-hybridized carbons (Fsp3) is 0.250. The smallest absolute Gasteiger partial charge is 0.211 e. The minimum absolute atomic E-state index is 0.301. The zero-order valence-corrected chi connectivity index (χ0v) is 13.8. The maximum absolute atomic E-state index is 13.0. The lowest BCUT2D eigenvalue weighted by molar-refractivity contribution is -0.137. The predicted molar refractivity (Wildman–Crippen MR) is 91.6 cm³/mol. The maximum atomic E-state index is 13.0. The molecular weight excluding hydrogens is 327 g/mol. The molecule has 0 aliphatic carbocycles. The van der Waals surface area contributed by atoms with Gasteiger partial charge < -0.3 is 0 Å². The van der Waals surface area contributed by atoms with E-state index in [0.717, 1.165) is 17.7 Å². The second-order valence-corrected chi connectivity index (χ2v) is 5.68. The Morgan fingerprint density at radius 3 is 2.32 bits per heavy atom. The highest BCUT2D eigenvalue weighted by molar-refractivity contribution is 5.49. The van der Waals surface area contributed by atoms with Gasteiger partial charge >= 0.3 is 6.18 Å². The zero-order valence-electron chi connectivity index (χ0n) is 13.8. The number of isocyanates is 1. The number of carbonyl (C=O) groups excluding carboxylic acids is 1. The summed E-state index contributed by atoms with van der Waals surface area (Å²) in [6, 6.07) is 14.5. The van der Waals surface area contributed by atoms with Crippen LogP contribution in [0.25, 0.3) is 6.08 Å². The van der Waals surface area contributed by atoms with Crippen molar-refractivity contribution in [3.05, 3.63) is 77.4 Å². The van der Waals surface area contributed by atoms with Crippen molar-refractivity contribution < 1.29 is 18.0 Å². The molecule has 0 saturated heterocycles. The summed E-state index contributed by atoms with van der Waals surface area (Å²) in [7, 11) is 0. The van der Waals surface area contributed by atoms with Crippen LogP contribution in [-0.4, -0.2) is 6.08 Å². The largest absolute Gasteiger partial charge is 0.416 e. The van der Waals surface area contributed by atoms with Gasteiger partial charge in [-0.1, -0.05) is 61.5 Å². The third-order valence-corrected chi connectivity index (χ3v) is 4.14. The van der Waals surface area contributed by atoms with E-state index in [0.29, 0.717) is 18.4 Å². The minimum Gasteiger partial charge on any atom is -0.211 e. The third kappa shape index (κ3) is 4.68. The highest BCUT2D eigenvalue weighted by Crippen LogP contribution is 2.37. The normalized spacial score (nSPS) is 14.1. The van der Waals surface area contributed by atoms with Crippen LogP contribution in [0.2, 0.25) is 0 Å². The Bertz CT molecular complexity index is 777. The van der Waals surface area contributed by atoms with E-state index in [4.69, 9.17) is 0 Å². The average molecular weight is 345 g/mol. The van der Waals surface area contributed by atoms with Crippen LogP contribution in [0.5, 0.6) is 0 Å². The molecule has 0 radical (unpaired) electrons. The van der Waals surface area contributed by atoms with Gasteiger partial charge in [0.1, 0.15) is 5.54 Å². The summed E-state index contributed by atoms with van der Waals surface area (Å²) in [5, 5.41) is 0. The molecule has 0 aliphatic rings. The number of nitrogens with zero attached hydrogens (tertiary/aromatic N) is 1. The van der Waals surface area contributed by atoms with Gasteiger partial charge in [-0.3, -0.25) is 0 Å². The predicted octanol–water partition coefficient (Wildman–Crippen LogP) is 5.75. The van der Waals surface area contributed by atoms with Gasteiger partial charge in [-0.15, -0.1) is 0 Å². The summed E-state index contributed by atoms with van der Waals surface area (Å²) in [5.74, 6) is 0. The van der Waals surface area contributed by atoms with Gasteiger partial charge in [-0.25, -0.2) is 4.79 Å². The average Bonchev–Trinajstić information content (AvgIpc) is 2.61. The first-order valence-electron chi connectivity index (χ1n) is 7.89. The Morgan fingerprint density at radius 2 is 1.72 bits per heavy atom. The summed E-state index contributed by atoms with van der Waals surface area (Å²) >= 11 is 0. The van der Waals surface area contributed by atoms with Gasteiger partial charge in [-0.2, -0.15) is 18.2 Å². The van der Waals surface area contributed by atoms with E-state index in [9.17, 15) is 18.0 Å². The highest BCUT2D eigenvalue weighted by atomic mass is 19.4. The SMILES string of the molecule is CCC(CC=Cc1ccccc1)(N=C=O)c1cccc(C(F)(F)F)c1. The molecule has 0 saturated carbocycles. The van der Waals surface area contributed by atoms with Gasteiger partial charge in [0, 0.05) is 0 Å². The van der Waals surface area contributed by atoms with E-state index < -0.39 is 17.3 Å². The van der Waals surface area contributed by atoms with Crippen molar-refractivity contribution in [3.63, 3.8) is 0 Å². The van der Waals surface area contributed by atoms with Gasteiger partial charge in [0.2, 0.25) is 6.08 Å². The molecule has 0 fully saturated rings. The van der Waals surface area contributed by atoms with Crippen molar-refractivity contribution in [2.24, 2.45) is 4.99 Å². The molecule has 0 amide bonds. The fourth-order valence-electron chi connectivity index (χ4n) is 2.68. The lowest BCUT2D eigenvalue weighted by atomic mass is 9.83. The Kier molecular flexibility index (Phi) is 5.94. The first-order valence-corrected chi connectivity index (χ1v) is 7.89. The van der Waals surface area contributed by atoms with Crippen LogP contribution in [0.15, 0.2) is 65.7 Å². The Labute approximate surface area is 144 Å². The first kappa shape index (κ1) is 18.7. The number of hydrogen-bond acceptors (Lipinski definition) is 2. The number of alkyl halides is 3. The lowest BCUT2D eigenvalue weighted by Crippen LogP contribution is -2.22. The van der Waals surface area contributed by atoms with Gasteiger partial charge in [0.05, 0.1) is 5.56 Å². The van der Waals surface area contributed by atoms with E-state index in [1.807, 2.05) is 42.5 Å². The van der Waals surface area contributed by atoms with Gasteiger partial charge in [0.25, 0.3) is 0 Å². The summed E-state index contributed by atoms with van der Waals surface area (Å²) in [5.41, 5.74) is -0.498. The highest BCUT2D eigenvalue weighted by Gasteiger charge is 2.34. The van der Waals surface area contributed by atoms with Gasteiger partial charge in [-0.05, 0) is 36.1 Å². The standard InChI is InChI=1S/C20H18F3NO/c1-2-19(24-15-25,13-7-10-16-8-4-3-5-9-16)17-11-6-12-18(14-17)20(21,22)23/h3-12,14H,2,13H2,1H3. The molecule has 0 aliphatic heterocycles. The van der Waals surface area contributed by atoms with E-state index in [2.05, 4.69) is 4.99 Å². The fourth-order valence-corrected chi connectivity index (χ4v) is 2.68. The van der Waals surface area contributed by atoms with Crippen LogP contribution in [0, 0.1) is 0 Å². The molecule has 2 nitrogen and oxygen atoms in total. The van der Waals surface area contributed by atoms with Crippen LogP contribution in [0.3, 0.4) is 0 Å². The molecule has 1 atom stereocenters. The number of benzene rings is 2. The number of aliphatic imine (C=N–C) groups is 1. The second-order valence-electron chi connectivity index (χ2n) is 5.68. The number of rotatable bonds is 6. The van der Waals surface area contributed by atoms with Crippen molar-refractivity contribution >= 4 is 12.2 Å². The van der Waals surface area contributed by atoms with Crippen molar-refractivity contribution in [2.45, 2.75) is 31.5 Å². The molecule has 0 heterocycles. The van der Waals surface area contributed by atoms with Gasteiger partial charge in [0.15, 0.2) is 0 Å². The molecule has 0 N–H and O–H groups in total. The molecule has 2 rings (SSSR count). The molecule has 2 aromatic carbocycles. The monoisotopic (exact) mass is 345 g/mol. The van der Waals surface area contributed by atoms with E-state index in [1.54, 1.807) is 13.0 Å². The van der Waals surface area contributed by atoms with Crippen LogP contribution < -0.4 is 0 Å².